The molecule has 1 amide bonds. The van der Waals surface area contributed by atoms with Crippen molar-refractivity contribution in [1.82, 2.24) is 5.32 Å². The van der Waals surface area contributed by atoms with Gasteiger partial charge in [-0.25, -0.2) is 0 Å². The number of thioether (sulfide) groups is 1. The summed E-state index contributed by atoms with van der Waals surface area (Å²) in [5.74, 6) is 1.51. The quantitative estimate of drug-likeness (QED) is 0.307. The maximum Gasteiger partial charge on any atom is 0.220 e. The molecule has 0 aromatic heterocycles. The molecule has 5 N–H and O–H groups in total. The number of nitrogens with one attached hydrogen (secondary N) is 1. The summed E-state index contributed by atoms with van der Waals surface area (Å²) in [5, 5.41) is 40.6. The number of aliphatic hydroxyl groups excluding tert-OH is 4. The van der Waals surface area contributed by atoms with Crippen molar-refractivity contribution in [3.63, 3.8) is 0 Å². The van der Waals surface area contributed by atoms with E-state index in [1.807, 2.05) is 0 Å². The molecule has 1 saturated heterocycles. The van der Waals surface area contributed by atoms with Crippen molar-refractivity contribution >= 4 is 17.7 Å². The molecule has 1 rings (SSSR count). The highest BCUT2D eigenvalue weighted by Crippen LogP contribution is 2.22. The van der Waals surface area contributed by atoms with E-state index < -0.39 is 37.3 Å². The van der Waals surface area contributed by atoms with Crippen molar-refractivity contribution in [3.05, 3.63) is 0 Å². The zero-order valence-corrected chi connectivity index (χ0v) is 13.4. The summed E-state index contributed by atoms with van der Waals surface area (Å²) >= 11 is 1.62. The molecule has 0 aromatic carbocycles. The molecule has 8 nitrogen and oxygen atoms in total. The standard InChI is InChI=1S/C13H25NO7S/c1-14-9(16)3-6-22-5-2-4-20-13-12(19)11(18)10(17)8(7-15)21-13/h8,10-13,15,17-19H,2-7H2,1H3,(H,14,16)/t8?,10-,11-,12?,13-/m0/s1. The molecule has 0 spiro atoms. The molecule has 0 aromatic rings. The summed E-state index contributed by atoms with van der Waals surface area (Å²) in [6.45, 7) is -0.171. The Morgan fingerprint density at radius 1 is 1.23 bits per heavy atom. The second-order valence-corrected chi connectivity index (χ2v) is 6.18. The molecular formula is C13H25NO7S. The van der Waals surface area contributed by atoms with Crippen molar-refractivity contribution in [2.45, 2.75) is 43.5 Å². The van der Waals surface area contributed by atoms with Gasteiger partial charge in [-0.15, -0.1) is 0 Å². The van der Waals surface area contributed by atoms with E-state index in [1.165, 1.54) is 0 Å². The number of amides is 1. The minimum atomic E-state index is -1.42. The number of carbonyl (C=O) groups is 1. The van der Waals surface area contributed by atoms with Crippen molar-refractivity contribution in [2.75, 3.05) is 31.8 Å². The Labute approximate surface area is 133 Å². The Kier molecular flexibility index (Phi) is 9.25. The summed E-state index contributed by atoms with van der Waals surface area (Å²) in [6, 6.07) is 0. The largest absolute Gasteiger partial charge is 0.394 e. The van der Waals surface area contributed by atoms with Gasteiger partial charge >= 0.3 is 0 Å². The zero-order valence-electron chi connectivity index (χ0n) is 12.6. The molecule has 9 heteroatoms. The summed E-state index contributed by atoms with van der Waals surface area (Å²) < 4.78 is 10.6. The molecule has 1 aliphatic heterocycles. The highest BCUT2D eigenvalue weighted by Gasteiger charge is 2.43. The van der Waals surface area contributed by atoms with Crippen molar-refractivity contribution < 1.29 is 34.7 Å². The van der Waals surface area contributed by atoms with Crippen LogP contribution >= 0.6 is 11.8 Å². The van der Waals surface area contributed by atoms with Crippen LogP contribution in [0.5, 0.6) is 0 Å². The van der Waals surface area contributed by atoms with Gasteiger partial charge in [-0.3, -0.25) is 4.79 Å². The van der Waals surface area contributed by atoms with Gasteiger partial charge in [0.25, 0.3) is 0 Å². The summed E-state index contributed by atoms with van der Waals surface area (Å²) in [4.78, 5) is 11.0. The lowest BCUT2D eigenvalue weighted by Gasteiger charge is -2.39. The van der Waals surface area contributed by atoms with Crippen molar-refractivity contribution in [1.29, 1.82) is 0 Å². The van der Waals surface area contributed by atoms with Crippen LogP contribution in [0, 0.1) is 0 Å². The average Bonchev–Trinajstić information content (AvgIpc) is 2.53. The smallest absolute Gasteiger partial charge is 0.220 e. The lowest BCUT2D eigenvalue weighted by atomic mass is 9.99. The Balaban J connectivity index is 2.17. The molecule has 22 heavy (non-hydrogen) atoms. The van der Waals surface area contributed by atoms with E-state index in [-0.39, 0.29) is 5.91 Å². The SMILES string of the molecule is CNC(=O)CCSCCCO[C@H]1OC(CO)[C@H](O)[C@H](O)C1O. The fourth-order valence-electron chi connectivity index (χ4n) is 1.96. The monoisotopic (exact) mass is 339 g/mol. The third kappa shape index (κ3) is 5.99. The Morgan fingerprint density at radius 3 is 2.59 bits per heavy atom. The maximum absolute atomic E-state index is 11.0. The number of rotatable bonds is 9. The topological polar surface area (TPSA) is 128 Å². The third-order valence-corrected chi connectivity index (χ3v) is 4.39. The highest BCUT2D eigenvalue weighted by atomic mass is 32.2. The lowest BCUT2D eigenvalue weighted by molar-refractivity contribution is -0.300. The first-order valence-electron chi connectivity index (χ1n) is 7.21. The van der Waals surface area contributed by atoms with Crippen LogP contribution in [-0.4, -0.2) is 88.8 Å². The van der Waals surface area contributed by atoms with Crippen LogP contribution in [0.2, 0.25) is 0 Å². The van der Waals surface area contributed by atoms with Crippen molar-refractivity contribution in [3.8, 4) is 0 Å². The molecule has 0 radical (unpaired) electrons. The van der Waals surface area contributed by atoms with Crippen LogP contribution < -0.4 is 5.32 Å². The van der Waals surface area contributed by atoms with E-state index in [4.69, 9.17) is 14.6 Å². The van der Waals surface area contributed by atoms with Crippen LogP contribution in [-0.2, 0) is 14.3 Å². The Morgan fingerprint density at radius 2 is 1.95 bits per heavy atom. The predicted octanol–water partition coefficient (Wildman–Crippen LogP) is -1.94. The van der Waals surface area contributed by atoms with Gasteiger partial charge in [0.1, 0.15) is 24.4 Å². The molecule has 1 heterocycles. The van der Waals surface area contributed by atoms with E-state index in [2.05, 4.69) is 5.32 Å². The number of aliphatic hydroxyl groups is 4. The van der Waals surface area contributed by atoms with Gasteiger partial charge in [0.05, 0.1) is 13.2 Å². The van der Waals surface area contributed by atoms with Gasteiger partial charge in [0, 0.05) is 19.2 Å². The van der Waals surface area contributed by atoms with Gasteiger partial charge in [0.15, 0.2) is 6.29 Å². The molecule has 1 aliphatic rings. The Bertz CT molecular complexity index is 332. The van der Waals surface area contributed by atoms with Gasteiger partial charge in [-0.05, 0) is 12.2 Å². The minimum Gasteiger partial charge on any atom is -0.394 e. The second kappa shape index (κ2) is 10.4. The minimum absolute atomic E-state index is 0.00469. The van der Waals surface area contributed by atoms with Crippen LogP contribution in [0.15, 0.2) is 0 Å². The van der Waals surface area contributed by atoms with E-state index in [0.717, 1.165) is 11.5 Å². The first kappa shape index (κ1) is 19.6. The first-order valence-corrected chi connectivity index (χ1v) is 8.37. The van der Waals surface area contributed by atoms with Crippen LogP contribution in [0.3, 0.4) is 0 Å². The molecule has 2 unspecified atom stereocenters. The molecule has 0 aliphatic carbocycles. The Hall–Kier alpha value is -0.420. The van der Waals surface area contributed by atoms with Crippen LogP contribution in [0.1, 0.15) is 12.8 Å². The number of carbonyl (C=O) groups excluding carboxylic acids is 1. The molecule has 0 bridgehead atoms. The molecule has 1 fully saturated rings. The van der Waals surface area contributed by atoms with E-state index in [9.17, 15) is 20.1 Å². The first-order chi connectivity index (χ1) is 10.5. The highest BCUT2D eigenvalue weighted by molar-refractivity contribution is 7.99. The molecule has 5 atom stereocenters. The maximum atomic E-state index is 11.0. The van der Waals surface area contributed by atoms with Gasteiger partial charge in [-0.2, -0.15) is 11.8 Å². The van der Waals surface area contributed by atoms with E-state index >= 15 is 0 Å². The van der Waals surface area contributed by atoms with E-state index in [0.29, 0.717) is 19.4 Å². The number of ether oxygens (including phenoxy) is 2. The fourth-order valence-corrected chi connectivity index (χ4v) is 2.81. The normalized spacial score (nSPS) is 32.0. The number of hydrogen-bond donors (Lipinski definition) is 5. The fraction of sp³-hybridized carbons (Fsp3) is 0.923. The van der Waals surface area contributed by atoms with E-state index in [1.54, 1.807) is 18.8 Å². The van der Waals surface area contributed by atoms with Crippen molar-refractivity contribution in [2.24, 2.45) is 0 Å². The van der Waals surface area contributed by atoms with Gasteiger partial charge in [0.2, 0.25) is 5.91 Å². The third-order valence-electron chi connectivity index (χ3n) is 3.32. The average molecular weight is 339 g/mol. The van der Waals surface area contributed by atoms with Gasteiger partial charge < -0.3 is 35.2 Å². The van der Waals surface area contributed by atoms with Crippen LogP contribution in [0.25, 0.3) is 0 Å². The summed E-state index contributed by atoms with van der Waals surface area (Å²) in [5.41, 5.74) is 0. The van der Waals surface area contributed by atoms with Gasteiger partial charge in [-0.1, -0.05) is 0 Å². The predicted molar refractivity (Wildman–Crippen MR) is 80.3 cm³/mol. The van der Waals surface area contributed by atoms with Crippen LogP contribution in [0.4, 0.5) is 0 Å². The lowest BCUT2D eigenvalue weighted by Crippen LogP contribution is -2.59. The molecule has 130 valence electrons. The molecule has 0 saturated carbocycles. The number of hydrogen-bond acceptors (Lipinski definition) is 8. The second-order valence-electron chi connectivity index (χ2n) is 4.96. The summed E-state index contributed by atoms with van der Waals surface area (Å²) in [6.07, 6.45) is -5.03. The zero-order chi connectivity index (χ0) is 16.5. The summed E-state index contributed by atoms with van der Waals surface area (Å²) in [7, 11) is 1.60. The molecular weight excluding hydrogens is 314 g/mol.